The summed E-state index contributed by atoms with van der Waals surface area (Å²) in [6.07, 6.45) is 3.65. The molecule has 140 valence electrons. The number of amides is 1. The molecule has 2 aromatic carbocycles. The van der Waals surface area contributed by atoms with Crippen LogP contribution in [0.15, 0.2) is 48.5 Å². The molecule has 0 bridgehead atoms. The highest BCUT2D eigenvalue weighted by Crippen LogP contribution is 2.28. The van der Waals surface area contributed by atoms with E-state index in [1.54, 1.807) is 24.3 Å². The maximum atomic E-state index is 11.2. The number of piperidine rings is 1. The highest BCUT2D eigenvalue weighted by atomic mass is 35.5. The molecule has 3 N–H and O–H groups in total. The molecule has 1 fully saturated rings. The molecule has 1 saturated heterocycles. The first-order valence-electron chi connectivity index (χ1n) is 8.89. The number of nitrogens with one attached hydrogen (secondary N) is 1. The molecule has 27 heavy (non-hydrogen) atoms. The summed E-state index contributed by atoms with van der Waals surface area (Å²) in [5.74, 6) is 1.09. The first-order valence-corrected chi connectivity index (χ1v) is 8.89. The lowest BCUT2D eigenvalue weighted by molar-refractivity contribution is 0.100. The van der Waals surface area contributed by atoms with E-state index in [0.717, 1.165) is 35.5 Å². The lowest BCUT2D eigenvalue weighted by Gasteiger charge is -2.28. The van der Waals surface area contributed by atoms with E-state index >= 15 is 0 Å². The number of primary amides is 1. The Morgan fingerprint density at radius 3 is 2.37 bits per heavy atom. The number of fused-ring (bicyclic) bond motifs is 1. The van der Waals surface area contributed by atoms with Crippen molar-refractivity contribution >= 4 is 46.7 Å². The monoisotopic (exact) mass is 383 g/mol. The number of rotatable bonds is 4. The summed E-state index contributed by atoms with van der Waals surface area (Å²) in [7, 11) is 0. The Bertz CT molecular complexity index is 939. The average molecular weight is 384 g/mol. The maximum Gasteiger partial charge on any atom is 0.248 e. The maximum absolute atomic E-state index is 11.2. The summed E-state index contributed by atoms with van der Waals surface area (Å²) in [5.41, 5.74) is 7.50. The van der Waals surface area contributed by atoms with Gasteiger partial charge in [0.1, 0.15) is 5.82 Å². The fourth-order valence-electron chi connectivity index (χ4n) is 3.31. The second kappa shape index (κ2) is 8.22. The van der Waals surface area contributed by atoms with Gasteiger partial charge < -0.3 is 16.0 Å². The zero-order chi connectivity index (χ0) is 17.9. The number of hydrogen-bond donors (Lipinski definition) is 2. The SMILES string of the molecule is Cl.NC(=O)c1ccc(Nc2nc(N3CCCCC3)c3ccccc3n2)cc1. The highest BCUT2D eigenvalue weighted by Gasteiger charge is 2.17. The Morgan fingerprint density at radius 1 is 0.963 bits per heavy atom. The number of carbonyl (C=O) groups is 1. The quantitative estimate of drug-likeness (QED) is 0.714. The molecule has 0 atom stereocenters. The van der Waals surface area contributed by atoms with Crippen LogP contribution >= 0.6 is 12.4 Å². The molecule has 6 nitrogen and oxygen atoms in total. The molecule has 1 aliphatic rings. The number of aromatic nitrogens is 2. The summed E-state index contributed by atoms with van der Waals surface area (Å²) in [4.78, 5) is 23.0. The van der Waals surface area contributed by atoms with E-state index in [4.69, 9.17) is 10.7 Å². The third kappa shape index (κ3) is 4.11. The van der Waals surface area contributed by atoms with Crippen molar-refractivity contribution in [1.29, 1.82) is 0 Å². The van der Waals surface area contributed by atoms with Gasteiger partial charge in [0.25, 0.3) is 0 Å². The van der Waals surface area contributed by atoms with Crippen LogP contribution in [0.3, 0.4) is 0 Å². The number of hydrogen-bond acceptors (Lipinski definition) is 5. The number of nitrogens with two attached hydrogens (primary N) is 1. The van der Waals surface area contributed by atoms with E-state index in [2.05, 4.69) is 21.3 Å². The molecule has 4 rings (SSSR count). The number of para-hydroxylation sites is 1. The van der Waals surface area contributed by atoms with Crippen LogP contribution in [0.25, 0.3) is 10.9 Å². The normalized spacial score (nSPS) is 13.9. The largest absolute Gasteiger partial charge is 0.366 e. The van der Waals surface area contributed by atoms with Crippen molar-refractivity contribution in [2.45, 2.75) is 19.3 Å². The fraction of sp³-hybridized carbons (Fsp3) is 0.250. The third-order valence-electron chi connectivity index (χ3n) is 4.66. The number of nitrogens with zero attached hydrogens (tertiary/aromatic N) is 3. The van der Waals surface area contributed by atoms with Gasteiger partial charge in [-0.1, -0.05) is 12.1 Å². The molecule has 0 spiro atoms. The Kier molecular flexibility index (Phi) is 5.76. The van der Waals surface area contributed by atoms with Crippen LogP contribution in [-0.2, 0) is 0 Å². The molecule has 7 heteroatoms. The minimum Gasteiger partial charge on any atom is -0.366 e. The van der Waals surface area contributed by atoms with Crippen LogP contribution in [0.5, 0.6) is 0 Å². The highest BCUT2D eigenvalue weighted by molar-refractivity contribution is 5.93. The molecular weight excluding hydrogens is 362 g/mol. The molecule has 0 saturated carbocycles. The van der Waals surface area contributed by atoms with Crippen molar-refractivity contribution in [1.82, 2.24) is 9.97 Å². The zero-order valence-corrected chi connectivity index (χ0v) is 15.7. The lowest BCUT2D eigenvalue weighted by Crippen LogP contribution is -2.30. The topological polar surface area (TPSA) is 84.1 Å². The van der Waals surface area contributed by atoms with Crippen molar-refractivity contribution in [3.63, 3.8) is 0 Å². The summed E-state index contributed by atoms with van der Waals surface area (Å²) in [6, 6.07) is 15.1. The van der Waals surface area contributed by atoms with Crippen molar-refractivity contribution in [2.24, 2.45) is 5.73 Å². The zero-order valence-electron chi connectivity index (χ0n) is 14.9. The van der Waals surface area contributed by atoms with Gasteiger partial charge >= 0.3 is 0 Å². The molecular formula is C20H22ClN5O. The second-order valence-corrected chi connectivity index (χ2v) is 6.50. The van der Waals surface area contributed by atoms with Gasteiger partial charge in [0, 0.05) is 29.7 Å². The molecule has 0 aliphatic carbocycles. The summed E-state index contributed by atoms with van der Waals surface area (Å²) >= 11 is 0. The van der Waals surface area contributed by atoms with Crippen molar-refractivity contribution in [3.8, 4) is 0 Å². The number of benzene rings is 2. The van der Waals surface area contributed by atoms with Gasteiger partial charge in [0.2, 0.25) is 11.9 Å². The number of anilines is 3. The van der Waals surface area contributed by atoms with Crippen molar-refractivity contribution < 1.29 is 4.79 Å². The van der Waals surface area contributed by atoms with Crippen LogP contribution in [0.2, 0.25) is 0 Å². The van der Waals surface area contributed by atoms with Gasteiger partial charge in [-0.05, 0) is 55.7 Å². The number of carbonyl (C=O) groups excluding carboxylic acids is 1. The molecule has 0 radical (unpaired) electrons. The average Bonchev–Trinajstić information content (AvgIpc) is 2.68. The van der Waals surface area contributed by atoms with E-state index in [9.17, 15) is 4.79 Å². The minimum atomic E-state index is -0.439. The summed E-state index contributed by atoms with van der Waals surface area (Å²) in [6.45, 7) is 2.04. The molecule has 1 aromatic heterocycles. The lowest BCUT2D eigenvalue weighted by atomic mass is 10.1. The first kappa shape index (κ1) is 18.9. The van der Waals surface area contributed by atoms with E-state index < -0.39 is 5.91 Å². The predicted octanol–water partition coefficient (Wildman–Crippen LogP) is 3.88. The third-order valence-corrected chi connectivity index (χ3v) is 4.66. The van der Waals surface area contributed by atoms with E-state index in [1.807, 2.05) is 18.2 Å². The van der Waals surface area contributed by atoms with Crippen LogP contribution in [-0.4, -0.2) is 29.0 Å². The second-order valence-electron chi connectivity index (χ2n) is 6.50. The van der Waals surface area contributed by atoms with Crippen LogP contribution in [0.4, 0.5) is 17.5 Å². The smallest absolute Gasteiger partial charge is 0.248 e. The molecule has 0 unspecified atom stereocenters. The summed E-state index contributed by atoms with van der Waals surface area (Å²) in [5, 5.41) is 4.31. The Morgan fingerprint density at radius 2 is 1.67 bits per heavy atom. The number of halogens is 1. The fourth-order valence-corrected chi connectivity index (χ4v) is 3.31. The first-order chi connectivity index (χ1) is 12.7. The van der Waals surface area contributed by atoms with Crippen molar-refractivity contribution in [3.05, 3.63) is 54.1 Å². The van der Waals surface area contributed by atoms with E-state index in [1.165, 1.54) is 19.3 Å². The minimum absolute atomic E-state index is 0. The summed E-state index contributed by atoms with van der Waals surface area (Å²) < 4.78 is 0. The molecule has 1 amide bonds. The van der Waals surface area contributed by atoms with Crippen LogP contribution in [0, 0.1) is 0 Å². The van der Waals surface area contributed by atoms with E-state index in [-0.39, 0.29) is 12.4 Å². The molecule has 2 heterocycles. The Hall–Kier alpha value is -2.86. The Labute approximate surface area is 164 Å². The standard InChI is InChI=1S/C20H21N5O.ClH/c21-18(26)14-8-10-15(11-9-14)22-20-23-17-7-3-2-6-16(17)19(24-20)25-12-4-1-5-13-25;/h2-3,6-11H,1,4-5,12-13H2,(H2,21,26)(H,22,23,24);1H. The van der Waals surface area contributed by atoms with Crippen LogP contribution < -0.4 is 16.0 Å². The predicted molar refractivity (Wildman–Crippen MR) is 111 cm³/mol. The van der Waals surface area contributed by atoms with Gasteiger partial charge in [-0.3, -0.25) is 4.79 Å². The molecule has 1 aliphatic heterocycles. The van der Waals surface area contributed by atoms with Crippen molar-refractivity contribution in [2.75, 3.05) is 23.3 Å². The molecule has 3 aromatic rings. The van der Waals surface area contributed by atoms with Gasteiger partial charge in [-0.25, -0.2) is 4.98 Å². The van der Waals surface area contributed by atoms with E-state index in [0.29, 0.717) is 11.5 Å². The van der Waals surface area contributed by atoms with Gasteiger partial charge in [-0.2, -0.15) is 4.98 Å². The van der Waals surface area contributed by atoms with Crippen LogP contribution in [0.1, 0.15) is 29.6 Å². The Balaban J connectivity index is 0.00000210. The van der Waals surface area contributed by atoms with Gasteiger partial charge in [0.15, 0.2) is 0 Å². The van der Waals surface area contributed by atoms with Gasteiger partial charge in [-0.15, -0.1) is 12.4 Å². The van der Waals surface area contributed by atoms with Gasteiger partial charge in [0.05, 0.1) is 5.52 Å².